The van der Waals surface area contributed by atoms with E-state index in [2.05, 4.69) is 24.4 Å². The minimum Gasteiger partial charge on any atom is -0.493 e. The van der Waals surface area contributed by atoms with Crippen molar-refractivity contribution in [2.24, 2.45) is 0 Å². The largest absolute Gasteiger partial charge is 0.493 e. The molecule has 0 bridgehead atoms. The number of ether oxygens (including phenoxy) is 2. The third kappa shape index (κ3) is 5.08. The van der Waals surface area contributed by atoms with E-state index in [1.54, 1.807) is 18.2 Å². The van der Waals surface area contributed by atoms with E-state index < -0.39 is 0 Å². The quantitative estimate of drug-likeness (QED) is 0.748. The minimum atomic E-state index is -0.228. The van der Waals surface area contributed by atoms with Gasteiger partial charge in [-0.25, -0.2) is 0 Å². The van der Waals surface area contributed by atoms with Crippen LogP contribution in [-0.2, 0) is 11.2 Å². The summed E-state index contributed by atoms with van der Waals surface area (Å²) < 4.78 is 10.7. The second-order valence-corrected chi connectivity index (χ2v) is 5.70. The van der Waals surface area contributed by atoms with Crippen molar-refractivity contribution < 1.29 is 19.1 Å². The molecule has 25 heavy (non-hydrogen) atoms. The summed E-state index contributed by atoms with van der Waals surface area (Å²) in [6, 6.07) is 12.8. The molecule has 2 aromatic rings. The first-order valence-corrected chi connectivity index (χ1v) is 8.21. The number of nitrogens with one attached hydrogen (secondary N) is 1. The normalized spacial score (nSPS) is 11.5. The Hall–Kier alpha value is -2.82. The fourth-order valence-electron chi connectivity index (χ4n) is 2.43. The van der Waals surface area contributed by atoms with Crippen LogP contribution in [0.1, 0.15) is 41.4 Å². The van der Waals surface area contributed by atoms with Crippen molar-refractivity contribution >= 4 is 12.2 Å². The lowest BCUT2D eigenvalue weighted by Gasteiger charge is -2.16. The molecule has 0 aromatic heterocycles. The second-order valence-electron chi connectivity index (χ2n) is 5.70. The fourth-order valence-corrected chi connectivity index (χ4v) is 2.43. The molecule has 0 saturated heterocycles. The van der Waals surface area contributed by atoms with Crippen LogP contribution in [0.3, 0.4) is 0 Å². The predicted molar refractivity (Wildman–Crippen MR) is 96.3 cm³/mol. The third-order valence-electron chi connectivity index (χ3n) is 3.95. The molecule has 0 saturated carbocycles. The molecule has 5 heteroatoms. The highest BCUT2D eigenvalue weighted by molar-refractivity contribution is 5.78. The number of amides is 1. The van der Waals surface area contributed by atoms with Gasteiger partial charge in [0.2, 0.25) is 0 Å². The van der Waals surface area contributed by atoms with E-state index in [4.69, 9.17) is 9.47 Å². The molecule has 1 atom stereocenters. The van der Waals surface area contributed by atoms with E-state index in [9.17, 15) is 9.59 Å². The van der Waals surface area contributed by atoms with Crippen LogP contribution in [0.4, 0.5) is 0 Å². The third-order valence-corrected chi connectivity index (χ3v) is 3.95. The molecular weight excluding hydrogens is 318 g/mol. The zero-order chi connectivity index (χ0) is 18.2. The lowest BCUT2D eigenvalue weighted by Crippen LogP contribution is -2.31. The van der Waals surface area contributed by atoms with Crippen LogP contribution in [-0.4, -0.2) is 25.9 Å². The highest BCUT2D eigenvalue weighted by Gasteiger charge is 2.12. The van der Waals surface area contributed by atoms with Crippen LogP contribution in [0.5, 0.6) is 11.5 Å². The van der Waals surface area contributed by atoms with Gasteiger partial charge in [-0.05, 0) is 42.7 Å². The van der Waals surface area contributed by atoms with Gasteiger partial charge in [-0.15, -0.1) is 0 Å². The molecule has 132 valence electrons. The second kappa shape index (κ2) is 8.87. The van der Waals surface area contributed by atoms with E-state index in [0.29, 0.717) is 17.1 Å². The molecule has 0 unspecified atom stereocenters. The van der Waals surface area contributed by atoms with Crippen LogP contribution < -0.4 is 14.8 Å². The Labute approximate surface area is 148 Å². The average molecular weight is 341 g/mol. The molecule has 0 fully saturated rings. The summed E-state index contributed by atoms with van der Waals surface area (Å²) >= 11 is 0. The van der Waals surface area contributed by atoms with Gasteiger partial charge in [-0.1, -0.05) is 31.2 Å². The Balaban J connectivity index is 1.92. The van der Waals surface area contributed by atoms with E-state index >= 15 is 0 Å². The Morgan fingerprint density at radius 3 is 2.48 bits per heavy atom. The molecule has 0 heterocycles. The van der Waals surface area contributed by atoms with E-state index in [-0.39, 0.29) is 18.6 Å². The molecule has 1 N–H and O–H groups in total. The highest BCUT2D eigenvalue weighted by atomic mass is 16.5. The van der Waals surface area contributed by atoms with Crippen LogP contribution >= 0.6 is 0 Å². The zero-order valence-electron chi connectivity index (χ0n) is 14.7. The first-order chi connectivity index (χ1) is 12.1. The van der Waals surface area contributed by atoms with Crippen molar-refractivity contribution in [1.29, 1.82) is 0 Å². The van der Waals surface area contributed by atoms with Gasteiger partial charge >= 0.3 is 0 Å². The maximum absolute atomic E-state index is 12.1. The Morgan fingerprint density at radius 1 is 1.16 bits per heavy atom. The molecular formula is C20H23NO4. The first-order valence-electron chi connectivity index (χ1n) is 8.21. The molecule has 0 aliphatic heterocycles. The summed E-state index contributed by atoms with van der Waals surface area (Å²) in [5.74, 6) is 0.609. The van der Waals surface area contributed by atoms with Gasteiger partial charge in [0.1, 0.15) is 6.29 Å². The molecule has 0 spiro atoms. The highest BCUT2D eigenvalue weighted by Crippen LogP contribution is 2.27. The SMILES string of the molecule is CCc1ccc([C@@H](C)NC(=O)COc2ccc(C=O)cc2OC)cc1. The molecule has 2 rings (SSSR count). The summed E-state index contributed by atoms with van der Waals surface area (Å²) in [5, 5.41) is 2.90. The fraction of sp³-hybridized carbons (Fsp3) is 0.300. The van der Waals surface area contributed by atoms with Gasteiger partial charge in [0, 0.05) is 5.56 Å². The van der Waals surface area contributed by atoms with Crippen LogP contribution in [0.2, 0.25) is 0 Å². The zero-order valence-corrected chi connectivity index (χ0v) is 14.7. The van der Waals surface area contributed by atoms with Gasteiger partial charge in [0.25, 0.3) is 5.91 Å². The van der Waals surface area contributed by atoms with Crippen LogP contribution in [0, 0.1) is 0 Å². The van der Waals surface area contributed by atoms with E-state index in [0.717, 1.165) is 18.3 Å². The summed E-state index contributed by atoms with van der Waals surface area (Å²) in [4.78, 5) is 22.9. The van der Waals surface area contributed by atoms with Gasteiger partial charge in [0.15, 0.2) is 18.1 Å². The number of carbonyl (C=O) groups excluding carboxylic acids is 2. The number of benzene rings is 2. The summed E-state index contributed by atoms with van der Waals surface area (Å²) in [6.07, 6.45) is 1.71. The molecule has 5 nitrogen and oxygen atoms in total. The molecule has 0 radical (unpaired) electrons. The van der Waals surface area contributed by atoms with Crippen molar-refractivity contribution in [3.8, 4) is 11.5 Å². The Bertz CT molecular complexity index is 725. The van der Waals surface area contributed by atoms with E-state index in [1.165, 1.54) is 12.7 Å². The van der Waals surface area contributed by atoms with Crippen LogP contribution in [0.25, 0.3) is 0 Å². The minimum absolute atomic E-state index is 0.110. The summed E-state index contributed by atoms with van der Waals surface area (Å²) in [5.41, 5.74) is 2.78. The lowest BCUT2D eigenvalue weighted by atomic mass is 10.1. The van der Waals surface area contributed by atoms with Gasteiger partial charge in [0.05, 0.1) is 13.2 Å². The maximum atomic E-state index is 12.1. The van der Waals surface area contributed by atoms with Crippen molar-refractivity contribution in [1.82, 2.24) is 5.32 Å². The van der Waals surface area contributed by atoms with Gasteiger partial charge in [-0.2, -0.15) is 0 Å². The number of methoxy groups -OCH3 is 1. The summed E-state index contributed by atoms with van der Waals surface area (Å²) in [7, 11) is 1.49. The van der Waals surface area contributed by atoms with Gasteiger partial charge < -0.3 is 14.8 Å². The van der Waals surface area contributed by atoms with Crippen molar-refractivity contribution in [3.05, 3.63) is 59.2 Å². The number of aryl methyl sites for hydroxylation is 1. The Morgan fingerprint density at radius 2 is 1.88 bits per heavy atom. The Kier molecular flexibility index (Phi) is 6.57. The number of carbonyl (C=O) groups is 2. The maximum Gasteiger partial charge on any atom is 0.258 e. The smallest absolute Gasteiger partial charge is 0.258 e. The van der Waals surface area contributed by atoms with Crippen molar-refractivity contribution in [3.63, 3.8) is 0 Å². The van der Waals surface area contributed by atoms with Gasteiger partial charge in [-0.3, -0.25) is 9.59 Å². The monoisotopic (exact) mass is 341 g/mol. The van der Waals surface area contributed by atoms with E-state index in [1.807, 2.05) is 19.1 Å². The molecule has 1 amide bonds. The predicted octanol–water partition coefficient (Wildman–Crippen LogP) is 3.33. The molecule has 2 aromatic carbocycles. The number of hydrogen-bond donors (Lipinski definition) is 1. The lowest BCUT2D eigenvalue weighted by molar-refractivity contribution is -0.123. The number of hydrogen-bond acceptors (Lipinski definition) is 4. The average Bonchev–Trinajstić information content (AvgIpc) is 2.66. The topological polar surface area (TPSA) is 64.6 Å². The number of rotatable bonds is 8. The van der Waals surface area contributed by atoms with Crippen molar-refractivity contribution in [2.75, 3.05) is 13.7 Å². The first kappa shape index (κ1) is 18.5. The standard InChI is InChI=1S/C20H23NO4/c1-4-15-5-8-17(9-6-15)14(2)21-20(23)13-25-18-10-7-16(12-22)11-19(18)24-3/h5-12,14H,4,13H2,1-3H3,(H,21,23)/t14-/m1/s1. The molecule has 0 aliphatic carbocycles. The van der Waals surface area contributed by atoms with Crippen LogP contribution in [0.15, 0.2) is 42.5 Å². The summed E-state index contributed by atoms with van der Waals surface area (Å²) in [6.45, 7) is 3.90. The van der Waals surface area contributed by atoms with Crippen molar-refractivity contribution in [2.45, 2.75) is 26.3 Å². The molecule has 0 aliphatic rings. The number of aldehydes is 1.